The number of benzene rings is 1. The monoisotopic (exact) mass is 379 g/mol. The van der Waals surface area contributed by atoms with Crippen molar-refractivity contribution in [1.82, 2.24) is 9.62 Å². The predicted molar refractivity (Wildman–Crippen MR) is 99.3 cm³/mol. The average Bonchev–Trinajstić information content (AvgIpc) is 3.35. The minimum absolute atomic E-state index is 0.125. The van der Waals surface area contributed by atoms with E-state index in [-0.39, 0.29) is 17.0 Å². The Balaban J connectivity index is 1.76. The van der Waals surface area contributed by atoms with Crippen LogP contribution in [0.5, 0.6) is 0 Å². The van der Waals surface area contributed by atoms with Crippen molar-refractivity contribution in [2.45, 2.75) is 37.2 Å². The molecule has 0 bridgehead atoms. The summed E-state index contributed by atoms with van der Waals surface area (Å²) in [6.07, 6.45) is 2.01. The van der Waals surface area contributed by atoms with Crippen LogP contribution >= 0.6 is 11.3 Å². The number of aryl methyl sites for hydroxylation is 1. The minimum atomic E-state index is -3.54. The number of hydrogen-bond donors (Lipinski definition) is 2. The van der Waals surface area contributed by atoms with Gasteiger partial charge in [0.1, 0.15) is 0 Å². The zero-order valence-electron chi connectivity index (χ0n) is 14.2. The van der Waals surface area contributed by atoms with Crippen molar-refractivity contribution in [2.75, 3.05) is 12.4 Å². The first-order valence-corrected chi connectivity index (χ1v) is 10.4. The van der Waals surface area contributed by atoms with Crippen LogP contribution < -0.4 is 10.0 Å². The van der Waals surface area contributed by atoms with Crippen LogP contribution in [-0.4, -0.2) is 32.4 Å². The van der Waals surface area contributed by atoms with Crippen LogP contribution in [0.2, 0.25) is 0 Å². The Kier molecular flexibility index (Phi) is 5.12. The van der Waals surface area contributed by atoms with E-state index in [1.54, 1.807) is 23.5 Å². The van der Waals surface area contributed by atoms with Crippen LogP contribution in [0.15, 0.2) is 40.6 Å². The van der Waals surface area contributed by atoms with Crippen LogP contribution in [0.25, 0.3) is 0 Å². The summed E-state index contributed by atoms with van der Waals surface area (Å²) < 4.78 is 26.1. The van der Waals surface area contributed by atoms with E-state index in [2.05, 4.69) is 16.1 Å². The van der Waals surface area contributed by atoms with Gasteiger partial charge in [-0.3, -0.25) is 0 Å². The molecule has 134 valence electrons. The summed E-state index contributed by atoms with van der Waals surface area (Å²) in [5.41, 5.74) is 1.65. The second-order valence-corrected chi connectivity index (χ2v) is 8.94. The first-order valence-electron chi connectivity index (χ1n) is 8.05. The quantitative estimate of drug-likeness (QED) is 0.809. The lowest BCUT2D eigenvalue weighted by atomic mass is 10.3. The van der Waals surface area contributed by atoms with E-state index in [1.165, 1.54) is 29.6 Å². The Hall–Kier alpha value is -1.90. The van der Waals surface area contributed by atoms with Gasteiger partial charge in [-0.2, -0.15) is 0 Å². The Labute approximate surface area is 151 Å². The molecule has 0 spiro atoms. The SMILES string of the molecule is CNS(=O)(=O)c1cccc(NC(=O)N(Cc2sccc2C)C2CC2)c1. The third-order valence-corrected chi connectivity index (χ3v) is 6.61. The molecule has 2 amide bonds. The molecule has 1 aliphatic rings. The molecule has 1 saturated carbocycles. The molecular weight excluding hydrogens is 358 g/mol. The largest absolute Gasteiger partial charge is 0.322 e. The Bertz CT molecular complexity index is 873. The lowest BCUT2D eigenvalue weighted by Gasteiger charge is -2.23. The number of carbonyl (C=O) groups excluding carboxylic acids is 1. The molecule has 2 N–H and O–H groups in total. The maximum Gasteiger partial charge on any atom is 0.322 e. The highest BCUT2D eigenvalue weighted by Gasteiger charge is 2.33. The Morgan fingerprint density at radius 3 is 2.68 bits per heavy atom. The molecular formula is C17H21N3O3S2. The van der Waals surface area contributed by atoms with Crippen molar-refractivity contribution in [3.63, 3.8) is 0 Å². The fourth-order valence-corrected chi connectivity index (χ4v) is 4.21. The van der Waals surface area contributed by atoms with Gasteiger partial charge < -0.3 is 10.2 Å². The maximum atomic E-state index is 12.7. The maximum absolute atomic E-state index is 12.7. The van der Waals surface area contributed by atoms with E-state index in [0.717, 1.165) is 12.8 Å². The number of carbonyl (C=O) groups is 1. The first kappa shape index (κ1) is 17.9. The van der Waals surface area contributed by atoms with Gasteiger partial charge in [-0.05, 0) is 62.0 Å². The second kappa shape index (κ2) is 7.15. The highest BCUT2D eigenvalue weighted by atomic mass is 32.2. The summed E-state index contributed by atoms with van der Waals surface area (Å²) in [6.45, 7) is 2.62. The van der Waals surface area contributed by atoms with E-state index < -0.39 is 10.0 Å². The molecule has 8 heteroatoms. The zero-order chi connectivity index (χ0) is 18.0. The number of sulfonamides is 1. The third-order valence-electron chi connectivity index (χ3n) is 4.19. The first-order chi connectivity index (χ1) is 11.9. The van der Waals surface area contributed by atoms with Gasteiger partial charge in [0.05, 0.1) is 11.4 Å². The Morgan fingerprint density at radius 2 is 2.08 bits per heavy atom. The fourth-order valence-electron chi connectivity index (χ4n) is 2.53. The van der Waals surface area contributed by atoms with E-state index in [0.29, 0.717) is 12.2 Å². The number of hydrogen-bond acceptors (Lipinski definition) is 4. The second-order valence-electron chi connectivity index (χ2n) is 6.05. The third kappa shape index (κ3) is 4.20. The van der Waals surface area contributed by atoms with Gasteiger partial charge in [-0.1, -0.05) is 6.07 Å². The molecule has 1 heterocycles. The van der Waals surface area contributed by atoms with Gasteiger partial charge >= 0.3 is 6.03 Å². The summed E-state index contributed by atoms with van der Waals surface area (Å²) in [4.78, 5) is 15.8. The molecule has 25 heavy (non-hydrogen) atoms. The molecule has 1 aromatic heterocycles. The molecule has 0 saturated heterocycles. The molecule has 6 nitrogen and oxygen atoms in total. The topological polar surface area (TPSA) is 78.5 Å². The minimum Gasteiger partial charge on any atom is -0.316 e. The van der Waals surface area contributed by atoms with Crippen LogP contribution in [0.1, 0.15) is 23.3 Å². The van der Waals surface area contributed by atoms with E-state index in [9.17, 15) is 13.2 Å². The number of anilines is 1. The van der Waals surface area contributed by atoms with Crippen LogP contribution in [0, 0.1) is 6.92 Å². The van der Waals surface area contributed by atoms with Crippen molar-refractivity contribution in [3.8, 4) is 0 Å². The standard InChI is InChI=1S/C17H21N3O3S2/c1-12-8-9-24-16(12)11-20(14-6-7-14)17(21)19-13-4-3-5-15(10-13)25(22,23)18-2/h3-5,8-10,14,18H,6-7,11H2,1-2H3,(H,19,21). The average molecular weight is 380 g/mol. The molecule has 0 aliphatic heterocycles. The van der Waals surface area contributed by atoms with Crippen LogP contribution in [-0.2, 0) is 16.6 Å². The fraction of sp³-hybridized carbons (Fsp3) is 0.353. The lowest BCUT2D eigenvalue weighted by Crippen LogP contribution is -2.36. The molecule has 0 unspecified atom stereocenters. The van der Waals surface area contributed by atoms with E-state index in [4.69, 9.17) is 0 Å². The van der Waals surface area contributed by atoms with Gasteiger partial charge in [0, 0.05) is 16.6 Å². The summed E-state index contributed by atoms with van der Waals surface area (Å²) in [5, 5.41) is 4.86. The van der Waals surface area contributed by atoms with Crippen molar-refractivity contribution in [2.24, 2.45) is 0 Å². The lowest BCUT2D eigenvalue weighted by molar-refractivity contribution is 0.206. The smallest absolute Gasteiger partial charge is 0.316 e. The van der Waals surface area contributed by atoms with Crippen molar-refractivity contribution < 1.29 is 13.2 Å². The highest BCUT2D eigenvalue weighted by Crippen LogP contribution is 2.31. The predicted octanol–water partition coefficient (Wildman–Crippen LogP) is 3.16. The molecule has 2 aromatic rings. The van der Waals surface area contributed by atoms with Crippen molar-refractivity contribution >= 4 is 33.1 Å². The number of thiophene rings is 1. The van der Waals surface area contributed by atoms with Crippen LogP contribution in [0.3, 0.4) is 0 Å². The number of amides is 2. The molecule has 1 fully saturated rings. The number of nitrogens with zero attached hydrogens (tertiary/aromatic N) is 1. The van der Waals surface area contributed by atoms with Crippen molar-refractivity contribution in [3.05, 3.63) is 46.2 Å². The van der Waals surface area contributed by atoms with Gasteiger partial charge in [-0.25, -0.2) is 17.9 Å². The summed E-state index contributed by atoms with van der Waals surface area (Å²) in [6, 6.07) is 8.37. The molecule has 0 radical (unpaired) electrons. The van der Waals surface area contributed by atoms with Gasteiger partial charge in [0.2, 0.25) is 10.0 Å². The van der Waals surface area contributed by atoms with Gasteiger partial charge in [0.25, 0.3) is 0 Å². The highest BCUT2D eigenvalue weighted by molar-refractivity contribution is 7.89. The van der Waals surface area contributed by atoms with E-state index >= 15 is 0 Å². The van der Waals surface area contributed by atoms with Gasteiger partial charge in [-0.15, -0.1) is 11.3 Å². The summed E-state index contributed by atoms with van der Waals surface area (Å²) in [5.74, 6) is 0. The summed E-state index contributed by atoms with van der Waals surface area (Å²) >= 11 is 1.65. The normalized spacial score (nSPS) is 14.3. The molecule has 1 aliphatic carbocycles. The van der Waals surface area contributed by atoms with Crippen LogP contribution in [0.4, 0.5) is 10.5 Å². The molecule has 1 aromatic carbocycles. The van der Waals surface area contributed by atoms with Gasteiger partial charge in [0.15, 0.2) is 0 Å². The summed E-state index contributed by atoms with van der Waals surface area (Å²) in [7, 11) is -2.18. The van der Waals surface area contributed by atoms with Crippen molar-refractivity contribution in [1.29, 1.82) is 0 Å². The van der Waals surface area contributed by atoms with E-state index in [1.807, 2.05) is 17.2 Å². The molecule has 3 rings (SSSR count). The zero-order valence-corrected chi connectivity index (χ0v) is 15.8. The Morgan fingerprint density at radius 1 is 1.32 bits per heavy atom. The number of nitrogens with one attached hydrogen (secondary N) is 2. The number of urea groups is 1. The number of rotatable bonds is 6. The molecule has 0 atom stereocenters.